The third-order valence-electron chi connectivity index (χ3n) is 5.16. The fourth-order valence-corrected chi connectivity index (χ4v) is 3.67. The first-order chi connectivity index (χ1) is 14.8. The highest BCUT2D eigenvalue weighted by atomic mass is 16.6. The van der Waals surface area contributed by atoms with Crippen LogP contribution in [0.3, 0.4) is 0 Å². The lowest BCUT2D eigenvalue weighted by Gasteiger charge is -2.22. The van der Waals surface area contributed by atoms with Gasteiger partial charge in [-0.05, 0) is 56.5 Å². The number of non-ortho nitro benzene ring substituents is 1. The van der Waals surface area contributed by atoms with E-state index in [2.05, 4.69) is 19.9 Å². The highest BCUT2D eigenvalue weighted by Gasteiger charge is 2.23. The van der Waals surface area contributed by atoms with Crippen molar-refractivity contribution in [3.8, 4) is 16.9 Å². The van der Waals surface area contributed by atoms with Gasteiger partial charge in [0.15, 0.2) is 0 Å². The Morgan fingerprint density at radius 1 is 1.03 bits per heavy atom. The fourth-order valence-electron chi connectivity index (χ4n) is 3.67. The van der Waals surface area contributed by atoms with Crippen LogP contribution in [0.2, 0.25) is 0 Å². The van der Waals surface area contributed by atoms with Crippen molar-refractivity contribution in [1.82, 2.24) is 14.7 Å². The summed E-state index contributed by atoms with van der Waals surface area (Å²) in [5, 5.41) is 15.7. The van der Waals surface area contributed by atoms with E-state index >= 15 is 0 Å². The van der Waals surface area contributed by atoms with Crippen molar-refractivity contribution in [2.45, 2.75) is 40.5 Å². The van der Waals surface area contributed by atoms with Gasteiger partial charge in [-0.2, -0.15) is 5.10 Å². The molecule has 1 aromatic heterocycles. The number of hydrogen-bond acceptors (Lipinski definition) is 4. The molecule has 3 aromatic rings. The number of hydrogen-bond donors (Lipinski definition) is 0. The SMILES string of the molecule is CCCN(CCC)C(=O)c1cc(-c2ccc([N+](=O)[O-])cc2)nn1-c1ccc(C)cc1C. The standard InChI is InChI=1S/C24H28N4O3/c1-5-13-26(14-6-2)24(29)23-16-21(19-8-10-20(11-9-19)28(30)31)25-27(23)22-12-7-17(3)15-18(22)4/h7-12,15-16H,5-6,13-14H2,1-4H3. The topological polar surface area (TPSA) is 81.3 Å². The minimum atomic E-state index is -0.430. The second-order valence-electron chi connectivity index (χ2n) is 7.71. The zero-order valence-corrected chi connectivity index (χ0v) is 18.5. The van der Waals surface area contributed by atoms with Gasteiger partial charge in [-0.15, -0.1) is 0 Å². The van der Waals surface area contributed by atoms with Crippen LogP contribution >= 0.6 is 0 Å². The number of nitro benzene ring substituents is 1. The molecule has 0 aliphatic rings. The van der Waals surface area contributed by atoms with Gasteiger partial charge in [0.05, 0.1) is 16.3 Å². The van der Waals surface area contributed by atoms with Crippen LogP contribution in [0.15, 0.2) is 48.5 Å². The molecule has 0 saturated carbocycles. The number of benzene rings is 2. The number of amides is 1. The molecule has 1 heterocycles. The molecule has 7 nitrogen and oxygen atoms in total. The number of aryl methyl sites for hydroxylation is 2. The minimum Gasteiger partial charge on any atom is -0.337 e. The summed E-state index contributed by atoms with van der Waals surface area (Å²) in [5.41, 5.74) is 4.83. The Hall–Kier alpha value is -3.48. The largest absolute Gasteiger partial charge is 0.337 e. The molecule has 3 rings (SSSR count). The second kappa shape index (κ2) is 9.55. The smallest absolute Gasteiger partial charge is 0.272 e. The van der Waals surface area contributed by atoms with Gasteiger partial charge in [0.1, 0.15) is 5.69 Å². The van der Waals surface area contributed by atoms with Crippen LogP contribution in [0, 0.1) is 24.0 Å². The van der Waals surface area contributed by atoms with Gasteiger partial charge in [-0.1, -0.05) is 31.5 Å². The van der Waals surface area contributed by atoms with Gasteiger partial charge < -0.3 is 4.90 Å². The fraction of sp³-hybridized carbons (Fsp3) is 0.333. The third-order valence-corrected chi connectivity index (χ3v) is 5.16. The van der Waals surface area contributed by atoms with E-state index in [1.54, 1.807) is 22.9 Å². The molecule has 2 aromatic carbocycles. The Morgan fingerprint density at radius 3 is 2.23 bits per heavy atom. The van der Waals surface area contributed by atoms with E-state index in [0.717, 1.165) is 35.2 Å². The molecule has 0 saturated heterocycles. The van der Waals surface area contributed by atoms with Gasteiger partial charge in [0.2, 0.25) is 0 Å². The van der Waals surface area contributed by atoms with Crippen LogP contribution < -0.4 is 0 Å². The summed E-state index contributed by atoms with van der Waals surface area (Å²) in [5.74, 6) is -0.0654. The molecule has 0 fully saturated rings. The molecule has 162 valence electrons. The highest BCUT2D eigenvalue weighted by molar-refractivity contribution is 5.94. The predicted octanol–water partition coefficient (Wildman–Crippen LogP) is 5.33. The maximum absolute atomic E-state index is 13.5. The zero-order chi connectivity index (χ0) is 22.5. The maximum atomic E-state index is 13.5. The molecule has 0 atom stereocenters. The summed E-state index contributed by atoms with van der Waals surface area (Å²) in [6.45, 7) is 9.49. The van der Waals surface area contributed by atoms with Crippen molar-refractivity contribution in [3.05, 3.63) is 75.5 Å². The second-order valence-corrected chi connectivity index (χ2v) is 7.71. The van der Waals surface area contributed by atoms with E-state index in [9.17, 15) is 14.9 Å². The summed E-state index contributed by atoms with van der Waals surface area (Å²) < 4.78 is 1.70. The number of nitro groups is 1. The number of nitrogens with zero attached hydrogens (tertiary/aromatic N) is 4. The normalized spacial score (nSPS) is 10.8. The van der Waals surface area contributed by atoms with Crippen LogP contribution in [0.5, 0.6) is 0 Å². The number of rotatable bonds is 8. The zero-order valence-electron chi connectivity index (χ0n) is 18.5. The average Bonchev–Trinajstić information content (AvgIpc) is 3.18. The van der Waals surface area contributed by atoms with Crippen LogP contribution in [-0.2, 0) is 0 Å². The van der Waals surface area contributed by atoms with Gasteiger partial charge in [-0.25, -0.2) is 4.68 Å². The Bertz CT molecular complexity index is 1080. The van der Waals surface area contributed by atoms with E-state index in [4.69, 9.17) is 5.10 Å². The summed E-state index contributed by atoms with van der Waals surface area (Å²) in [6, 6.07) is 14.0. The maximum Gasteiger partial charge on any atom is 0.272 e. The van der Waals surface area contributed by atoms with E-state index in [-0.39, 0.29) is 11.6 Å². The number of carbonyl (C=O) groups is 1. The molecule has 31 heavy (non-hydrogen) atoms. The molecule has 0 radical (unpaired) electrons. The van der Waals surface area contributed by atoms with Crippen LogP contribution in [0.1, 0.15) is 48.3 Å². The molecule has 0 spiro atoms. The van der Waals surface area contributed by atoms with Gasteiger partial charge in [-0.3, -0.25) is 14.9 Å². The molecule has 0 aliphatic heterocycles. The van der Waals surface area contributed by atoms with Crippen LogP contribution in [0.4, 0.5) is 5.69 Å². The van der Waals surface area contributed by atoms with Gasteiger partial charge >= 0.3 is 0 Å². The summed E-state index contributed by atoms with van der Waals surface area (Å²) in [6.07, 6.45) is 1.75. The molecule has 1 amide bonds. The number of aromatic nitrogens is 2. The van der Waals surface area contributed by atoms with Crippen molar-refractivity contribution >= 4 is 11.6 Å². The van der Waals surface area contributed by atoms with E-state index < -0.39 is 4.92 Å². The third kappa shape index (κ3) is 4.82. The molecule has 0 N–H and O–H groups in total. The van der Waals surface area contributed by atoms with Crippen LogP contribution in [-0.4, -0.2) is 38.6 Å². The summed E-state index contributed by atoms with van der Waals surface area (Å²) >= 11 is 0. The molecule has 0 unspecified atom stereocenters. The lowest BCUT2D eigenvalue weighted by molar-refractivity contribution is -0.384. The van der Waals surface area contributed by atoms with E-state index in [1.807, 2.05) is 30.9 Å². The molecule has 7 heteroatoms. The predicted molar refractivity (Wildman–Crippen MR) is 122 cm³/mol. The van der Waals surface area contributed by atoms with Crippen molar-refractivity contribution in [1.29, 1.82) is 0 Å². The Balaban J connectivity index is 2.13. The highest BCUT2D eigenvalue weighted by Crippen LogP contribution is 2.26. The molecule has 0 bridgehead atoms. The first kappa shape index (κ1) is 22.2. The van der Waals surface area contributed by atoms with Crippen molar-refractivity contribution < 1.29 is 9.72 Å². The Labute approximate surface area is 182 Å². The lowest BCUT2D eigenvalue weighted by atomic mass is 10.1. The average molecular weight is 421 g/mol. The van der Waals surface area contributed by atoms with Crippen molar-refractivity contribution in [2.75, 3.05) is 13.1 Å². The minimum absolute atomic E-state index is 0.0194. The Kier molecular flexibility index (Phi) is 6.84. The molecular formula is C24H28N4O3. The first-order valence-corrected chi connectivity index (χ1v) is 10.6. The van der Waals surface area contributed by atoms with Crippen molar-refractivity contribution in [3.63, 3.8) is 0 Å². The van der Waals surface area contributed by atoms with Crippen LogP contribution in [0.25, 0.3) is 16.9 Å². The molecule has 0 aliphatic carbocycles. The quantitative estimate of drug-likeness (QED) is 0.364. The lowest BCUT2D eigenvalue weighted by Crippen LogP contribution is -2.34. The van der Waals surface area contributed by atoms with Gasteiger partial charge in [0.25, 0.3) is 11.6 Å². The number of carbonyl (C=O) groups excluding carboxylic acids is 1. The molecular weight excluding hydrogens is 392 g/mol. The first-order valence-electron chi connectivity index (χ1n) is 10.6. The summed E-state index contributed by atoms with van der Waals surface area (Å²) in [4.78, 5) is 25.9. The Morgan fingerprint density at radius 2 is 1.68 bits per heavy atom. The van der Waals surface area contributed by atoms with E-state index in [1.165, 1.54) is 12.1 Å². The van der Waals surface area contributed by atoms with E-state index in [0.29, 0.717) is 24.5 Å². The van der Waals surface area contributed by atoms with Gasteiger partial charge in [0, 0.05) is 30.8 Å². The monoisotopic (exact) mass is 420 g/mol. The van der Waals surface area contributed by atoms with Crippen molar-refractivity contribution in [2.24, 2.45) is 0 Å². The summed E-state index contributed by atoms with van der Waals surface area (Å²) in [7, 11) is 0.